The first kappa shape index (κ1) is 15.7. The topological polar surface area (TPSA) is 94.0 Å². The van der Waals surface area contributed by atoms with Crippen molar-refractivity contribution in [1.29, 1.82) is 0 Å². The van der Waals surface area contributed by atoms with Gasteiger partial charge < -0.3 is 9.72 Å². The van der Waals surface area contributed by atoms with Crippen LogP contribution in [0, 0.1) is 13.8 Å². The van der Waals surface area contributed by atoms with E-state index in [0.29, 0.717) is 16.8 Å². The number of hydrogen-bond acceptors (Lipinski definition) is 5. The minimum absolute atomic E-state index is 0.198. The first-order valence-electron chi connectivity index (χ1n) is 7.24. The summed E-state index contributed by atoms with van der Waals surface area (Å²) >= 11 is 0. The molecular formula is C17H15N3O4. The number of ether oxygens (including phenoxy) is 1. The van der Waals surface area contributed by atoms with Crippen molar-refractivity contribution in [2.75, 3.05) is 7.11 Å². The number of rotatable bonds is 2. The summed E-state index contributed by atoms with van der Waals surface area (Å²) in [4.78, 5) is 43.7. The maximum Gasteiger partial charge on any atom is 0.340 e. The van der Waals surface area contributed by atoms with E-state index in [-0.39, 0.29) is 22.2 Å². The van der Waals surface area contributed by atoms with Gasteiger partial charge >= 0.3 is 5.97 Å². The van der Waals surface area contributed by atoms with Gasteiger partial charge in [-0.2, -0.15) is 0 Å². The zero-order valence-corrected chi connectivity index (χ0v) is 13.4. The minimum Gasteiger partial charge on any atom is -0.465 e. The second kappa shape index (κ2) is 5.77. The third-order valence-corrected chi connectivity index (χ3v) is 3.87. The van der Waals surface area contributed by atoms with Crippen molar-refractivity contribution in [3.63, 3.8) is 0 Å². The van der Waals surface area contributed by atoms with E-state index in [2.05, 4.69) is 9.97 Å². The lowest BCUT2D eigenvalue weighted by atomic mass is 10.0. The Labute approximate surface area is 136 Å². The number of H-pyrrole nitrogens is 1. The molecule has 3 aromatic rings. The zero-order chi connectivity index (χ0) is 17.4. The summed E-state index contributed by atoms with van der Waals surface area (Å²) < 4.78 is 6.04. The standard InChI is InChI=1S/C17H15N3O4/c1-9-13-11(14(10(2)19-9)17(23)24-3)6-8-20(16(13)22)12-5-4-7-18-15(12)21/h4-8H,1-3H3,(H,18,21). The van der Waals surface area contributed by atoms with Gasteiger partial charge in [-0.3, -0.25) is 19.1 Å². The Morgan fingerprint density at radius 2 is 1.96 bits per heavy atom. The van der Waals surface area contributed by atoms with Crippen LogP contribution in [0.5, 0.6) is 0 Å². The quantitative estimate of drug-likeness (QED) is 0.720. The van der Waals surface area contributed by atoms with Crippen LogP contribution in [0.2, 0.25) is 0 Å². The number of esters is 1. The van der Waals surface area contributed by atoms with E-state index in [4.69, 9.17) is 4.74 Å². The number of carbonyl (C=O) groups is 1. The number of aromatic nitrogens is 3. The summed E-state index contributed by atoms with van der Waals surface area (Å²) in [7, 11) is 1.28. The predicted molar refractivity (Wildman–Crippen MR) is 88.8 cm³/mol. The number of fused-ring (bicyclic) bond motifs is 1. The Morgan fingerprint density at radius 1 is 1.21 bits per heavy atom. The number of pyridine rings is 3. The molecule has 0 aliphatic heterocycles. The highest BCUT2D eigenvalue weighted by atomic mass is 16.5. The Hall–Kier alpha value is -3.22. The van der Waals surface area contributed by atoms with Crippen molar-refractivity contribution in [2.24, 2.45) is 0 Å². The highest BCUT2D eigenvalue weighted by Gasteiger charge is 2.20. The fourth-order valence-electron chi connectivity index (χ4n) is 2.80. The molecular weight excluding hydrogens is 310 g/mol. The number of nitrogens with zero attached hydrogens (tertiary/aromatic N) is 2. The van der Waals surface area contributed by atoms with Crippen LogP contribution in [0.25, 0.3) is 16.5 Å². The van der Waals surface area contributed by atoms with Crippen molar-refractivity contribution in [1.82, 2.24) is 14.5 Å². The molecule has 3 rings (SSSR count). The molecule has 0 amide bonds. The predicted octanol–water partition coefficient (Wildman–Crippen LogP) is 1.48. The van der Waals surface area contributed by atoms with Gasteiger partial charge in [0.25, 0.3) is 11.1 Å². The molecule has 0 radical (unpaired) electrons. The Bertz CT molecular complexity index is 1080. The van der Waals surface area contributed by atoms with Crippen molar-refractivity contribution in [3.05, 3.63) is 68.3 Å². The third kappa shape index (κ3) is 2.30. The molecule has 7 heteroatoms. The zero-order valence-electron chi connectivity index (χ0n) is 13.4. The summed E-state index contributed by atoms with van der Waals surface area (Å²) in [5, 5.41) is 0.743. The summed E-state index contributed by atoms with van der Waals surface area (Å²) in [5.74, 6) is -0.556. The molecule has 0 bridgehead atoms. The van der Waals surface area contributed by atoms with Gasteiger partial charge in [0.2, 0.25) is 0 Å². The normalized spacial score (nSPS) is 10.8. The van der Waals surface area contributed by atoms with Gasteiger partial charge in [0.15, 0.2) is 0 Å². The SMILES string of the molecule is COC(=O)c1c(C)nc(C)c2c(=O)n(-c3ccc[nH]c3=O)ccc12. The van der Waals surface area contributed by atoms with Crippen LogP contribution in [0.3, 0.4) is 0 Å². The lowest BCUT2D eigenvalue weighted by Crippen LogP contribution is -2.25. The van der Waals surface area contributed by atoms with Gasteiger partial charge in [-0.15, -0.1) is 0 Å². The van der Waals surface area contributed by atoms with Gasteiger partial charge in [0, 0.05) is 17.8 Å². The van der Waals surface area contributed by atoms with Crippen LogP contribution in [0.4, 0.5) is 0 Å². The Kier molecular flexibility index (Phi) is 3.76. The Morgan fingerprint density at radius 3 is 2.62 bits per heavy atom. The molecule has 0 saturated carbocycles. The fourth-order valence-corrected chi connectivity index (χ4v) is 2.80. The molecule has 0 aromatic carbocycles. The number of methoxy groups -OCH3 is 1. The summed E-state index contributed by atoms with van der Waals surface area (Å²) in [6.45, 7) is 3.38. The molecule has 7 nitrogen and oxygen atoms in total. The molecule has 1 N–H and O–H groups in total. The molecule has 3 aromatic heterocycles. The van der Waals surface area contributed by atoms with E-state index in [0.717, 1.165) is 0 Å². The molecule has 0 aliphatic carbocycles. The average molecular weight is 325 g/mol. The molecule has 0 atom stereocenters. The fraction of sp³-hybridized carbons (Fsp3) is 0.176. The monoisotopic (exact) mass is 325 g/mol. The van der Waals surface area contributed by atoms with Gasteiger partial charge in [-0.1, -0.05) is 0 Å². The van der Waals surface area contributed by atoms with E-state index in [9.17, 15) is 14.4 Å². The summed E-state index contributed by atoms with van der Waals surface area (Å²) in [5.41, 5.74) is 0.626. The van der Waals surface area contributed by atoms with Gasteiger partial charge in [-0.25, -0.2) is 4.79 Å². The third-order valence-electron chi connectivity index (χ3n) is 3.87. The molecule has 0 unspecified atom stereocenters. The van der Waals surface area contributed by atoms with Gasteiger partial charge in [0.1, 0.15) is 5.69 Å². The molecule has 24 heavy (non-hydrogen) atoms. The number of nitrogens with one attached hydrogen (secondary N) is 1. The second-order valence-electron chi connectivity index (χ2n) is 5.31. The lowest BCUT2D eigenvalue weighted by Gasteiger charge is -2.12. The molecule has 122 valence electrons. The largest absolute Gasteiger partial charge is 0.465 e. The maximum atomic E-state index is 12.9. The van der Waals surface area contributed by atoms with E-state index in [1.807, 2.05) is 0 Å². The first-order valence-corrected chi connectivity index (χ1v) is 7.24. The highest BCUT2D eigenvalue weighted by Crippen LogP contribution is 2.22. The smallest absolute Gasteiger partial charge is 0.340 e. The second-order valence-corrected chi connectivity index (χ2v) is 5.31. The lowest BCUT2D eigenvalue weighted by molar-refractivity contribution is 0.0601. The molecule has 0 fully saturated rings. The van der Waals surface area contributed by atoms with E-state index >= 15 is 0 Å². The van der Waals surface area contributed by atoms with E-state index < -0.39 is 11.5 Å². The van der Waals surface area contributed by atoms with Crippen LogP contribution in [0.1, 0.15) is 21.7 Å². The molecule has 0 saturated heterocycles. The van der Waals surface area contributed by atoms with Crippen molar-refractivity contribution < 1.29 is 9.53 Å². The van der Waals surface area contributed by atoms with Crippen molar-refractivity contribution in [2.45, 2.75) is 13.8 Å². The van der Waals surface area contributed by atoms with Crippen molar-refractivity contribution >= 4 is 16.7 Å². The average Bonchev–Trinajstić information content (AvgIpc) is 2.55. The van der Waals surface area contributed by atoms with Crippen LogP contribution < -0.4 is 11.1 Å². The molecule has 3 heterocycles. The summed E-state index contributed by atoms with van der Waals surface area (Å²) in [6, 6.07) is 4.80. The van der Waals surface area contributed by atoms with Crippen LogP contribution in [-0.4, -0.2) is 27.6 Å². The number of hydrogen-bond donors (Lipinski definition) is 1. The van der Waals surface area contributed by atoms with E-state index in [1.54, 1.807) is 32.0 Å². The highest BCUT2D eigenvalue weighted by molar-refractivity contribution is 6.05. The minimum atomic E-state index is -0.556. The Balaban J connectivity index is 2.44. The number of aromatic amines is 1. The number of carbonyl (C=O) groups excluding carboxylic acids is 1. The van der Waals surface area contributed by atoms with Crippen molar-refractivity contribution in [3.8, 4) is 5.69 Å². The van der Waals surface area contributed by atoms with Crippen LogP contribution >= 0.6 is 0 Å². The molecule has 0 spiro atoms. The number of aryl methyl sites for hydroxylation is 2. The van der Waals surface area contributed by atoms with Gasteiger partial charge in [-0.05, 0) is 32.0 Å². The van der Waals surface area contributed by atoms with Gasteiger partial charge in [0.05, 0.1) is 29.4 Å². The van der Waals surface area contributed by atoms with E-state index in [1.165, 1.54) is 24.1 Å². The molecule has 0 aliphatic rings. The first-order chi connectivity index (χ1) is 11.5. The van der Waals surface area contributed by atoms with Crippen LogP contribution in [-0.2, 0) is 4.74 Å². The summed E-state index contributed by atoms with van der Waals surface area (Å²) in [6.07, 6.45) is 2.96. The maximum absolute atomic E-state index is 12.9. The van der Waals surface area contributed by atoms with Crippen LogP contribution in [0.15, 0.2) is 40.2 Å².